The van der Waals surface area contributed by atoms with Gasteiger partial charge >= 0.3 is 0 Å². The Morgan fingerprint density at radius 3 is 2.12 bits per heavy atom. The van der Waals surface area contributed by atoms with E-state index in [1.54, 1.807) is 21.3 Å². The van der Waals surface area contributed by atoms with Crippen molar-refractivity contribution in [3.8, 4) is 34.5 Å². The highest BCUT2D eigenvalue weighted by Gasteiger charge is 2.41. The zero-order valence-corrected chi connectivity index (χ0v) is 18.9. The molecule has 1 fully saturated rings. The molecule has 3 atom stereocenters. The molecule has 0 radical (unpaired) electrons. The number of fused-ring (bicyclic) bond motifs is 2. The van der Waals surface area contributed by atoms with Crippen molar-refractivity contribution < 1.29 is 33.2 Å². The van der Waals surface area contributed by atoms with Crippen molar-refractivity contribution in [1.82, 2.24) is 4.90 Å². The second kappa shape index (κ2) is 8.60. The van der Waals surface area contributed by atoms with E-state index in [4.69, 9.17) is 33.2 Å². The normalized spacial score (nSPS) is 24.4. The molecule has 3 aliphatic heterocycles. The Morgan fingerprint density at radius 2 is 1.50 bits per heavy atom. The summed E-state index contributed by atoms with van der Waals surface area (Å²) in [5.74, 6) is 4.26. The molecular formula is C24H29NO7. The molecule has 0 aliphatic carbocycles. The van der Waals surface area contributed by atoms with Gasteiger partial charge in [0.25, 0.3) is 0 Å². The molecule has 0 N–H and O–H groups in total. The zero-order valence-electron chi connectivity index (χ0n) is 18.9. The van der Waals surface area contributed by atoms with Gasteiger partial charge in [-0.05, 0) is 23.8 Å². The van der Waals surface area contributed by atoms with Crippen molar-refractivity contribution in [2.45, 2.75) is 19.1 Å². The Labute approximate surface area is 187 Å². The van der Waals surface area contributed by atoms with Gasteiger partial charge in [0.15, 0.2) is 29.2 Å². The Balaban J connectivity index is 1.64. The smallest absolute Gasteiger partial charge is 0.231 e. The van der Waals surface area contributed by atoms with Crippen LogP contribution < -0.4 is 28.4 Å². The van der Waals surface area contributed by atoms with E-state index in [1.807, 2.05) is 24.3 Å². The van der Waals surface area contributed by atoms with Crippen LogP contribution in [-0.2, 0) is 4.74 Å². The molecule has 0 saturated carbocycles. The van der Waals surface area contributed by atoms with Crippen LogP contribution in [0.4, 0.5) is 0 Å². The number of hydrogen-bond acceptors (Lipinski definition) is 8. The SMILES string of the molecule is COc1cc([C@H]2c3cc4c(cc3O[C@H](N3CCOCC3)[C@@H]2C)OCO4)cc(OC)c1OC. The van der Waals surface area contributed by atoms with E-state index in [9.17, 15) is 0 Å². The number of benzene rings is 2. The molecule has 0 aromatic heterocycles. The summed E-state index contributed by atoms with van der Waals surface area (Å²) in [7, 11) is 4.88. The Kier molecular flexibility index (Phi) is 5.65. The summed E-state index contributed by atoms with van der Waals surface area (Å²) in [6.07, 6.45) is -0.101. The second-order valence-electron chi connectivity index (χ2n) is 8.20. The van der Waals surface area contributed by atoms with E-state index in [2.05, 4.69) is 11.8 Å². The summed E-state index contributed by atoms with van der Waals surface area (Å²) in [5, 5.41) is 0. The number of rotatable bonds is 5. The van der Waals surface area contributed by atoms with E-state index in [-0.39, 0.29) is 24.9 Å². The highest BCUT2D eigenvalue weighted by atomic mass is 16.7. The monoisotopic (exact) mass is 443 g/mol. The number of ether oxygens (including phenoxy) is 7. The summed E-state index contributed by atoms with van der Waals surface area (Å²) < 4.78 is 40.3. The van der Waals surface area contributed by atoms with Crippen molar-refractivity contribution in [3.05, 3.63) is 35.4 Å². The molecule has 2 aromatic rings. The van der Waals surface area contributed by atoms with Gasteiger partial charge in [-0.15, -0.1) is 0 Å². The minimum Gasteiger partial charge on any atom is -0.493 e. The lowest BCUT2D eigenvalue weighted by atomic mass is 9.77. The second-order valence-corrected chi connectivity index (χ2v) is 8.20. The molecule has 1 saturated heterocycles. The van der Waals surface area contributed by atoms with Crippen molar-refractivity contribution in [3.63, 3.8) is 0 Å². The lowest BCUT2D eigenvalue weighted by molar-refractivity contribution is -0.0784. The van der Waals surface area contributed by atoms with Gasteiger partial charge in [0.05, 0.1) is 34.5 Å². The average Bonchev–Trinajstić information content (AvgIpc) is 3.29. The summed E-state index contributed by atoms with van der Waals surface area (Å²) in [6.45, 7) is 5.51. The lowest BCUT2D eigenvalue weighted by Crippen LogP contribution is -2.52. The molecule has 2 aromatic carbocycles. The summed E-state index contributed by atoms with van der Waals surface area (Å²) in [5.41, 5.74) is 2.12. The van der Waals surface area contributed by atoms with Crippen LogP contribution in [0.25, 0.3) is 0 Å². The van der Waals surface area contributed by atoms with Crippen LogP contribution in [-0.4, -0.2) is 65.6 Å². The van der Waals surface area contributed by atoms with Crippen LogP contribution in [0, 0.1) is 5.92 Å². The molecule has 3 heterocycles. The third-order valence-electron chi connectivity index (χ3n) is 6.52. The fraction of sp³-hybridized carbons (Fsp3) is 0.500. The summed E-state index contributed by atoms with van der Waals surface area (Å²) in [4.78, 5) is 2.35. The minimum atomic E-state index is -0.101. The van der Waals surface area contributed by atoms with E-state index < -0.39 is 0 Å². The average molecular weight is 443 g/mol. The van der Waals surface area contributed by atoms with Crippen molar-refractivity contribution in [2.75, 3.05) is 54.4 Å². The molecule has 3 aliphatic rings. The number of hydrogen-bond donors (Lipinski definition) is 0. The van der Waals surface area contributed by atoms with Gasteiger partial charge in [-0.25, -0.2) is 0 Å². The third kappa shape index (κ3) is 3.47. The zero-order chi connectivity index (χ0) is 22.2. The van der Waals surface area contributed by atoms with Gasteiger partial charge in [0, 0.05) is 36.6 Å². The minimum absolute atomic E-state index is 0.0230. The first-order valence-corrected chi connectivity index (χ1v) is 10.9. The Bertz CT molecular complexity index is 964. The van der Waals surface area contributed by atoms with Crippen LogP contribution in [0.1, 0.15) is 24.0 Å². The highest BCUT2D eigenvalue weighted by Crippen LogP contribution is 2.51. The summed E-state index contributed by atoms with van der Waals surface area (Å²) in [6, 6.07) is 8.04. The highest BCUT2D eigenvalue weighted by molar-refractivity contribution is 5.60. The first-order chi connectivity index (χ1) is 15.6. The third-order valence-corrected chi connectivity index (χ3v) is 6.52. The molecule has 0 bridgehead atoms. The van der Waals surface area contributed by atoms with Gasteiger partial charge in [-0.1, -0.05) is 6.92 Å². The predicted octanol–water partition coefficient (Wildman–Crippen LogP) is 3.26. The number of morpholine rings is 1. The molecule has 8 heteroatoms. The van der Waals surface area contributed by atoms with Crippen LogP contribution in [0.2, 0.25) is 0 Å². The van der Waals surface area contributed by atoms with E-state index in [0.717, 1.165) is 35.7 Å². The number of methoxy groups -OCH3 is 3. The van der Waals surface area contributed by atoms with Gasteiger partial charge in [0.2, 0.25) is 12.5 Å². The van der Waals surface area contributed by atoms with Crippen LogP contribution >= 0.6 is 0 Å². The van der Waals surface area contributed by atoms with Crippen LogP contribution in [0.3, 0.4) is 0 Å². The molecule has 0 spiro atoms. The maximum absolute atomic E-state index is 6.57. The molecule has 172 valence electrons. The van der Waals surface area contributed by atoms with Gasteiger partial charge < -0.3 is 33.2 Å². The Morgan fingerprint density at radius 1 is 0.844 bits per heavy atom. The topological polar surface area (TPSA) is 67.9 Å². The summed E-state index contributed by atoms with van der Waals surface area (Å²) >= 11 is 0. The molecule has 32 heavy (non-hydrogen) atoms. The lowest BCUT2D eigenvalue weighted by Gasteiger charge is -2.44. The molecular weight excluding hydrogens is 414 g/mol. The van der Waals surface area contributed by atoms with Crippen molar-refractivity contribution in [2.24, 2.45) is 5.92 Å². The van der Waals surface area contributed by atoms with E-state index in [1.165, 1.54) is 0 Å². The van der Waals surface area contributed by atoms with Gasteiger partial charge in [-0.2, -0.15) is 0 Å². The first-order valence-electron chi connectivity index (χ1n) is 10.9. The first kappa shape index (κ1) is 21.0. The fourth-order valence-electron chi connectivity index (χ4n) is 4.97. The quantitative estimate of drug-likeness (QED) is 0.698. The van der Waals surface area contributed by atoms with Crippen molar-refractivity contribution >= 4 is 0 Å². The van der Waals surface area contributed by atoms with E-state index in [0.29, 0.717) is 36.2 Å². The van der Waals surface area contributed by atoms with Gasteiger partial charge in [-0.3, -0.25) is 4.90 Å². The maximum Gasteiger partial charge on any atom is 0.231 e. The number of nitrogens with zero attached hydrogens (tertiary/aromatic N) is 1. The maximum atomic E-state index is 6.57. The molecule has 0 amide bonds. The van der Waals surface area contributed by atoms with Crippen LogP contribution in [0.5, 0.6) is 34.5 Å². The van der Waals surface area contributed by atoms with Gasteiger partial charge in [0.1, 0.15) is 5.75 Å². The molecule has 5 rings (SSSR count). The molecule has 8 nitrogen and oxygen atoms in total. The largest absolute Gasteiger partial charge is 0.493 e. The van der Waals surface area contributed by atoms with Crippen molar-refractivity contribution in [1.29, 1.82) is 0 Å². The fourth-order valence-corrected chi connectivity index (χ4v) is 4.97. The standard InChI is InChI=1S/C24H29NO7/c1-14-22(15-9-20(26-2)23(28-4)21(10-15)27-3)16-11-18-19(31-13-30-18)12-17(16)32-24(14)25-5-7-29-8-6-25/h9-12,14,22,24H,5-8,13H2,1-4H3/t14-,22+,24+/m1/s1. The molecule has 0 unspecified atom stereocenters. The van der Waals surface area contributed by atoms with E-state index >= 15 is 0 Å². The Hall–Kier alpha value is -2.84. The predicted molar refractivity (Wildman–Crippen MR) is 116 cm³/mol. The van der Waals surface area contributed by atoms with Crippen LogP contribution in [0.15, 0.2) is 24.3 Å².